The second kappa shape index (κ2) is 6.47. The zero-order valence-corrected chi connectivity index (χ0v) is 12.1. The molecular weight excluding hydrogens is 226 g/mol. The fourth-order valence-electron chi connectivity index (χ4n) is 1.66. The molecule has 0 amide bonds. The molecule has 0 saturated heterocycles. The highest BCUT2D eigenvalue weighted by Crippen LogP contribution is 2.24. The van der Waals surface area contributed by atoms with E-state index in [1.807, 2.05) is 33.0 Å². The fourth-order valence-corrected chi connectivity index (χ4v) is 1.66. The van der Waals surface area contributed by atoms with E-state index in [1.54, 1.807) is 0 Å². The number of aromatic nitrogens is 1. The molecule has 4 heteroatoms. The molecule has 1 aromatic rings. The Morgan fingerprint density at radius 2 is 2.00 bits per heavy atom. The second-order valence-corrected chi connectivity index (χ2v) is 5.12. The van der Waals surface area contributed by atoms with Gasteiger partial charge in [0.1, 0.15) is 5.82 Å². The first-order chi connectivity index (χ1) is 8.43. The van der Waals surface area contributed by atoms with Gasteiger partial charge in [0.05, 0.1) is 11.8 Å². The van der Waals surface area contributed by atoms with E-state index < -0.39 is 0 Å². The van der Waals surface area contributed by atoms with Crippen LogP contribution in [0.4, 0.5) is 11.5 Å². The quantitative estimate of drug-likeness (QED) is 0.844. The van der Waals surface area contributed by atoms with Crippen molar-refractivity contribution < 1.29 is 4.74 Å². The Bertz CT molecular complexity index is 379. The molecule has 0 aromatic carbocycles. The van der Waals surface area contributed by atoms with Crippen molar-refractivity contribution in [1.29, 1.82) is 0 Å². The number of anilines is 2. The molecule has 1 unspecified atom stereocenters. The predicted octanol–water partition coefficient (Wildman–Crippen LogP) is 2.93. The summed E-state index contributed by atoms with van der Waals surface area (Å²) in [4.78, 5) is 6.62. The number of nitrogens with two attached hydrogens (primary N) is 1. The van der Waals surface area contributed by atoms with Gasteiger partial charge in [-0.25, -0.2) is 0 Å². The predicted molar refractivity (Wildman–Crippen MR) is 77.1 cm³/mol. The van der Waals surface area contributed by atoms with E-state index in [2.05, 4.69) is 23.7 Å². The summed E-state index contributed by atoms with van der Waals surface area (Å²) in [7, 11) is 2.05. The third kappa shape index (κ3) is 4.09. The maximum Gasteiger partial charge on any atom is 0.239 e. The SMILES string of the molecule is CCC(C)CN(C)c1ccc(N)c(OC(C)C)n1. The van der Waals surface area contributed by atoms with Gasteiger partial charge in [-0.15, -0.1) is 0 Å². The van der Waals surface area contributed by atoms with Gasteiger partial charge in [-0.05, 0) is 31.9 Å². The largest absolute Gasteiger partial charge is 0.473 e. The van der Waals surface area contributed by atoms with E-state index in [4.69, 9.17) is 10.5 Å². The van der Waals surface area contributed by atoms with Gasteiger partial charge in [0.2, 0.25) is 5.88 Å². The summed E-state index contributed by atoms with van der Waals surface area (Å²) in [5, 5.41) is 0. The molecule has 0 radical (unpaired) electrons. The van der Waals surface area contributed by atoms with Crippen LogP contribution in [0, 0.1) is 5.92 Å². The Morgan fingerprint density at radius 1 is 1.33 bits per heavy atom. The molecule has 1 rings (SSSR count). The van der Waals surface area contributed by atoms with Gasteiger partial charge in [0, 0.05) is 13.6 Å². The van der Waals surface area contributed by atoms with Crippen molar-refractivity contribution in [2.75, 3.05) is 24.2 Å². The lowest BCUT2D eigenvalue weighted by atomic mass is 10.1. The van der Waals surface area contributed by atoms with Crippen LogP contribution in [-0.4, -0.2) is 24.7 Å². The standard InChI is InChI=1S/C14H25N3O/c1-6-11(4)9-17(5)13-8-7-12(15)14(16-13)18-10(2)3/h7-8,10-11H,6,9,15H2,1-5H3. The molecular formula is C14H25N3O. The van der Waals surface area contributed by atoms with Crippen LogP contribution < -0.4 is 15.4 Å². The van der Waals surface area contributed by atoms with Crippen molar-refractivity contribution >= 4 is 11.5 Å². The van der Waals surface area contributed by atoms with Crippen molar-refractivity contribution in [2.45, 2.75) is 40.2 Å². The smallest absolute Gasteiger partial charge is 0.239 e. The molecule has 0 aliphatic heterocycles. The monoisotopic (exact) mass is 251 g/mol. The Morgan fingerprint density at radius 3 is 2.56 bits per heavy atom. The van der Waals surface area contributed by atoms with Crippen LogP contribution in [0.25, 0.3) is 0 Å². The zero-order valence-electron chi connectivity index (χ0n) is 12.1. The first-order valence-electron chi connectivity index (χ1n) is 6.58. The van der Waals surface area contributed by atoms with Gasteiger partial charge in [-0.2, -0.15) is 4.98 Å². The van der Waals surface area contributed by atoms with Gasteiger partial charge in [0.15, 0.2) is 0 Å². The molecule has 0 spiro atoms. The highest BCUT2D eigenvalue weighted by molar-refractivity contribution is 5.54. The van der Waals surface area contributed by atoms with E-state index in [0.29, 0.717) is 17.5 Å². The van der Waals surface area contributed by atoms with Crippen LogP contribution in [0.15, 0.2) is 12.1 Å². The summed E-state index contributed by atoms with van der Waals surface area (Å²) < 4.78 is 5.60. The van der Waals surface area contributed by atoms with Crippen LogP contribution in [0.2, 0.25) is 0 Å². The molecule has 0 fully saturated rings. The number of nitrogens with zero attached hydrogens (tertiary/aromatic N) is 2. The molecule has 0 aliphatic carbocycles. The molecule has 0 saturated carbocycles. The minimum Gasteiger partial charge on any atom is -0.473 e. The summed E-state index contributed by atoms with van der Waals surface area (Å²) in [6.07, 6.45) is 1.24. The Kier molecular flexibility index (Phi) is 5.25. The minimum absolute atomic E-state index is 0.0786. The van der Waals surface area contributed by atoms with E-state index in [9.17, 15) is 0 Å². The minimum atomic E-state index is 0.0786. The molecule has 1 heterocycles. The highest BCUT2D eigenvalue weighted by atomic mass is 16.5. The first kappa shape index (κ1) is 14.6. The number of rotatable bonds is 6. The van der Waals surface area contributed by atoms with Crippen molar-refractivity contribution in [1.82, 2.24) is 4.98 Å². The van der Waals surface area contributed by atoms with Crippen molar-refractivity contribution in [3.8, 4) is 5.88 Å². The number of hydrogen-bond acceptors (Lipinski definition) is 4. The molecule has 1 atom stereocenters. The Hall–Kier alpha value is -1.45. The molecule has 0 aliphatic rings. The average molecular weight is 251 g/mol. The maximum absolute atomic E-state index is 5.86. The zero-order chi connectivity index (χ0) is 13.7. The summed E-state index contributed by atoms with van der Waals surface area (Å²) in [6.45, 7) is 9.35. The molecule has 102 valence electrons. The van der Waals surface area contributed by atoms with Crippen LogP contribution in [0.1, 0.15) is 34.1 Å². The lowest BCUT2D eigenvalue weighted by Crippen LogP contribution is -2.24. The average Bonchev–Trinajstić information content (AvgIpc) is 2.31. The van der Waals surface area contributed by atoms with Crippen molar-refractivity contribution in [3.63, 3.8) is 0 Å². The summed E-state index contributed by atoms with van der Waals surface area (Å²) in [5.41, 5.74) is 6.45. The van der Waals surface area contributed by atoms with Gasteiger partial charge < -0.3 is 15.4 Å². The van der Waals surface area contributed by atoms with Gasteiger partial charge in [-0.1, -0.05) is 20.3 Å². The van der Waals surface area contributed by atoms with Crippen molar-refractivity contribution in [2.24, 2.45) is 5.92 Å². The molecule has 4 nitrogen and oxygen atoms in total. The van der Waals surface area contributed by atoms with Crippen molar-refractivity contribution in [3.05, 3.63) is 12.1 Å². The first-order valence-corrected chi connectivity index (χ1v) is 6.58. The van der Waals surface area contributed by atoms with Crippen LogP contribution >= 0.6 is 0 Å². The highest BCUT2D eigenvalue weighted by Gasteiger charge is 2.11. The van der Waals surface area contributed by atoms with E-state index in [0.717, 1.165) is 18.8 Å². The molecule has 18 heavy (non-hydrogen) atoms. The number of hydrogen-bond donors (Lipinski definition) is 1. The number of pyridine rings is 1. The Balaban J connectivity index is 2.83. The third-order valence-electron chi connectivity index (χ3n) is 2.90. The lowest BCUT2D eigenvalue weighted by Gasteiger charge is -2.22. The second-order valence-electron chi connectivity index (χ2n) is 5.12. The van der Waals surface area contributed by atoms with Gasteiger partial charge >= 0.3 is 0 Å². The van der Waals surface area contributed by atoms with Gasteiger partial charge in [-0.3, -0.25) is 0 Å². The van der Waals surface area contributed by atoms with E-state index >= 15 is 0 Å². The number of nitrogen functional groups attached to an aromatic ring is 1. The van der Waals surface area contributed by atoms with E-state index in [1.165, 1.54) is 0 Å². The topological polar surface area (TPSA) is 51.4 Å². The fraction of sp³-hybridized carbons (Fsp3) is 0.643. The summed E-state index contributed by atoms with van der Waals surface area (Å²) >= 11 is 0. The summed E-state index contributed by atoms with van der Waals surface area (Å²) in [5.74, 6) is 2.07. The van der Waals surface area contributed by atoms with Crippen LogP contribution in [-0.2, 0) is 0 Å². The third-order valence-corrected chi connectivity index (χ3v) is 2.90. The van der Waals surface area contributed by atoms with E-state index in [-0.39, 0.29) is 6.10 Å². The molecule has 1 aromatic heterocycles. The van der Waals surface area contributed by atoms with Crippen LogP contribution in [0.3, 0.4) is 0 Å². The Labute approximate surface area is 110 Å². The summed E-state index contributed by atoms with van der Waals surface area (Å²) in [6, 6.07) is 3.79. The lowest BCUT2D eigenvalue weighted by molar-refractivity contribution is 0.234. The molecule has 2 N–H and O–H groups in total. The number of ether oxygens (including phenoxy) is 1. The van der Waals surface area contributed by atoms with Gasteiger partial charge in [0.25, 0.3) is 0 Å². The maximum atomic E-state index is 5.86. The molecule has 0 bridgehead atoms. The van der Waals surface area contributed by atoms with Crippen LogP contribution in [0.5, 0.6) is 5.88 Å². The normalized spacial score (nSPS) is 12.6.